The molecule has 4 aliphatic carbocycles. The molecule has 5 nitrogen and oxygen atoms in total. The predicted molar refractivity (Wildman–Crippen MR) is 264 cm³/mol. The van der Waals surface area contributed by atoms with Gasteiger partial charge >= 0.3 is 12.1 Å². The van der Waals surface area contributed by atoms with E-state index in [4.69, 9.17) is 14.2 Å². The Morgan fingerprint density at radius 3 is 0.952 bits per heavy atom. The molecule has 1 aliphatic heterocycles. The van der Waals surface area contributed by atoms with Crippen molar-refractivity contribution in [3.05, 3.63) is 11.6 Å². The van der Waals surface area contributed by atoms with Crippen molar-refractivity contribution in [2.75, 3.05) is 6.61 Å². The van der Waals surface area contributed by atoms with Crippen molar-refractivity contribution in [1.82, 2.24) is 0 Å². The van der Waals surface area contributed by atoms with Crippen LogP contribution in [0.15, 0.2) is 11.6 Å². The van der Waals surface area contributed by atoms with Gasteiger partial charge in [-0.25, -0.2) is 9.59 Å². The van der Waals surface area contributed by atoms with Crippen molar-refractivity contribution in [2.24, 2.45) is 29.1 Å². The van der Waals surface area contributed by atoms with Crippen LogP contribution in [0.4, 0.5) is 4.79 Å². The number of ether oxygens (including phenoxy) is 3. The summed E-state index contributed by atoms with van der Waals surface area (Å²) in [5.41, 5.74) is 0.660. The zero-order valence-electron chi connectivity index (χ0n) is 41.4. The molecular weight excluding hydrogens is 777 g/mol. The molecule has 1 saturated heterocycles. The predicted octanol–water partition coefficient (Wildman–Crippen LogP) is 18.8. The first-order chi connectivity index (χ1) is 31.2. The van der Waals surface area contributed by atoms with Crippen LogP contribution in [0, 0.1) is 29.1 Å². The van der Waals surface area contributed by atoms with Crippen LogP contribution in [0.5, 0.6) is 0 Å². The lowest BCUT2D eigenvalue weighted by Crippen LogP contribution is -2.49. The van der Waals surface area contributed by atoms with Crippen LogP contribution in [0.2, 0.25) is 0 Å². The summed E-state index contributed by atoms with van der Waals surface area (Å²) in [5, 5.41) is 0. The Bertz CT molecular complexity index is 1080. The van der Waals surface area contributed by atoms with Crippen LogP contribution in [0.3, 0.4) is 0 Å². The maximum Gasteiger partial charge on any atom is 0.518 e. The minimum Gasteiger partial charge on any atom is -0.404 e. The fraction of sp³-hybridized carbons (Fsp3) is 0.931. The van der Waals surface area contributed by atoms with E-state index in [0.29, 0.717) is 36.7 Å². The van der Waals surface area contributed by atoms with Crippen molar-refractivity contribution < 1.29 is 23.8 Å². The molecular formula is C58H102O5. The van der Waals surface area contributed by atoms with Gasteiger partial charge in [0.2, 0.25) is 6.29 Å². The second kappa shape index (κ2) is 33.2. The molecule has 0 bridgehead atoms. The smallest absolute Gasteiger partial charge is 0.404 e. The maximum atomic E-state index is 15.9. The lowest BCUT2D eigenvalue weighted by atomic mass is 9.50. The molecule has 0 amide bonds. The first kappa shape index (κ1) is 52.6. The molecule has 0 radical (unpaired) electrons. The molecule has 5 aliphatic rings. The number of hydrogen-bond acceptors (Lipinski definition) is 5. The Hall–Kier alpha value is -1.36. The topological polar surface area (TPSA) is 61.8 Å². The third kappa shape index (κ3) is 19.8. The molecule has 364 valence electrons. The van der Waals surface area contributed by atoms with E-state index in [9.17, 15) is 4.79 Å². The lowest BCUT2D eigenvalue weighted by molar-refractivity contribution is -0.156. The molecule has 1 heterocycles. The van der Waals surface area contributed by atoms with Gasteiger partial charge in [0.25, 0.3) is 0 Å². The molecule has 1 atom stereocenters. The van der Waals surface area contributed by atoms with Crippen LogP contribution >= 0.6 is 0 Å². The van der Waals surface area contributed by atoms with Crippen LogP contribution in [-0.4, -0.2) is 25.0 Å². The number of carbonyl (C=O) groups is 2. The van der Waals surface area contributed by atoms with Gasteiger partial charge in [0.05, 0.1) is 6.61 Å². The Balaban J connectivity index is 1.70. The largest absolute Gasteiger partial charge is 0.518 e. The summed E-state index contributed by atoms with van der Waals surface area (Å²) in [7, 11) is 0. The van der Waals surface area contributed by atoms with Gasteiger partial charge < -0.3 is 14.2 Å². The minimum absolute atomic E-state index is 0.305. The van der Waals surface area contributed by atoms with Crippen molar-refractivity contribution in [1.29, 1.82) is 0 Å². The zero-order chi connectivity index (χ0) is 43.9. The SMILES string of the molecule is O=C(OC(=O)C(=CC1CCCCCCCCCCC1)C(C1CCCCCCCCCCC1)(C1CCCCCCCCCCC1)C1CCCCCCCCCCC1)OC1CCCCO1. The standard InChI is InChI=1S/C58H102O5/c59-56(63-57(60)62-55-47-37-38-48-61-55)54(49-50-39-29-21-13-5-1-6-14-22-30-40-50)58(51-41-31-23-15-7-2-8-16-24-32-42-51,52-43-33-25-17-9-3-10-18-26-34-44-52)53-45-35-27-19-11-4-12-20-28-36-46-53/h49-53,55H,1-48H2. The number of esters is 1. The third-order valence-corrected chi connectivity index (χ3v) is 17.1. The molecule has 1 unspecified atom stereocenters. The molecule has 0 aromatic carbocycles. The maximum absolute atomic E-state index is 15.9. The second-order valence-electron chi connectivity index (χ2n) is 22.0. The van der Waals surface area contributed by atoms with Crippen molar-refractivity contribution >= 4 is 12.1 Å². The monoisotopic (exact) mass is 879 g/mol. The molecule has 0 spiro atoms. The fourth-order valence-electron chi connectivity index (χ4n) is 13.6. The lowest BCUT2D eigenvalue weighted by Gasteiger charge is -2.54. The highest BCUT2D eigenvalue weighted by molar-refractivity contribution is 5.96. The van der Waals surface area contributed by atoms with Crippen LogP contribution < -0.4 is 0 Å². The van der Waals surface area contributed by atoms with Crippen molar-refractivity contribution in [2.45, 2.75) is 308 Å². The van der Waals surface area contributed by atoms with Gasteiger partial charge in [0.1, 0.15) is 0 Å². The van der Waals surface area contributed by atoms with Gasteiger partial charge in [-0.1, -0.05) is 237 Å². The van der Waals surface area contributed by atoms with E-state index < -0.39 is 12.4 Å². The summed E-state index contributed by atoms with van der Waals surface area (Å²) < 4.78 is 18.0. The van der Waals surface area contributed by atoms with E-state index in [1.807, 2.05) is 0 Å². The van der Waals surface area contributed by atoms with Crippen LogP contribution in [0.1, 0.15) is 302 Å². The third-order valence-electron chi connectivity index (χ3n) is 17.1. The van der Waals surface area contributed by atoms with Crippen LogP contribution in [-0.2, 0) is 19.0 Å². The van der Waals surface area contributed by atoms with Crippen molar-refractivity contribution in [3.8, 4) is 0 Å². The van der Waals surface area contributed by atoms with E-state index in [1.54, 1.807) is 0 Å². The molecule has 5 fully saturated rings. The van der Waals surface area contributed by atoms with E-state index >= 15 is 4.79 Å². The highest BCUT2D eigenvalue weighted by Crippen LogP contribution is 2.59. The summed E-state index contributed by atoms with van der Waals surface area (Å²) in [4.78, 5) is 29.9. The number of rotatable bonds is 7. The number of hydrogen-bond donors (Lipinski definition) is 0. The fourth-order valence-corrected chi connectivity index (χ4v) is 13.6. The number of carbonyl (C=O) groups excluding carboxylic acids is 2. The van der Waals surface area contributed by atoms with Gasteiger partial charge in [-0.15, -0.1) is 0 Å². The van der Waals surface area contributed by atoms with Crippen LogP contribution in [0.25, 0.3) is 0 Å². The quantitative estimate of drug-likeness (QED) is 0.145. The molecule has 0 aromatic heterocycles. The highest BCUT2D eigenvalue weighted by atomic mass is 16.8. The normalized spacial score (nSPS) is 26.3. The molecule has 5 rings (SSSR count). The van der Waals surface area contributed by atoms with Gasteiger partial charge in [0.15, 0.2) is 0 Å². The zero-order valence-corrected chi connectivity index (χ0v) is 41.4. The molecule has 0 aromatic rings. The highest BCUT2D eigenvalue weighted by Gasteiger charge is 2.54. The first-order valence-electron chi connectivity index (χ1n) is 28.9. The summed E-state index contributed by atoms with van der Waals surface area (Å²) in [6.07, 6.45) is 60.9. The summed E-state index contributed by atoms with van der Waals surface area (Å²) >= 11 is 0. The van der Waals surface area contributed by atoms with E-state index in [1.165, 1.54) is 270 Å². The molecule has 0 N–H and O–H groups in total. The Kier molecular flexibility index (Phi) is 27.7. The van der Waals surface area contributed by atoms with Crippen molar-refractivity contribution in [3.63, 3.8) is 0 Å². The molecule has 4 saturated carbocycles. The van der Waals surface area contributed by atoms with Gasteiger partial charge in [-0.2, -0.15) is 0 Å². The van der Waals surface area contributed by atoms with E-state index in [2.05, 4.69) is 6.08 Å². The van der Waals surface area contributed by atoms with E-state index in [-0.39, 0.29) is 11.4 Å². The molecule has 5 heteroatoms. The van der Waals surface area contributed by atoms with Gasteiger partial charge in [-0.3, -0.25) is 0 Å². The van der Waals surface area contributed by atoms with E-state index in [0.717, 1.165) is 31.3 Å². The summed E-state index contributed by atoms with van der Waals surface area (Å²) in [6.45, 7) is 0.590. The number of allylic oxidation sites excluding steroid dienone is 1. The Morgan fingerprint density at radius 1 is 0.365 bits per heavy atom. The second-order valence-corrected chi connectivity index (χ2v) is 22.0. The van der Waals surface area contributed by atoms with Gasteiger partial charge in [0, 0.05) is 17.4 Å². The molecule has 63 heavy (non-hydrogen) atoms. The summed E-state index contributed by atoms with van der Waals surface area (Å²) in [6, 6.07) is 0. The Morgan fingerprint density at radius 2 is 0.651 bits per heavy atom. The Labute approximate surface area is 389 Å². The van der Waals surface area contributed by atoms with Gasteiger partial charge in [-0.05, 0) is 87.9 Å². The first-order valence-corrected chi connectivity index (χ1v) is 28.9. The average Bonchev–Trinajstić information content (AvgIpc) is 3.26. The average molecular weight is 879 g/mol. The minimum atomic E-state index is -0.832. The summed E-state index contributed by atoms with van der Waals surface area (Å²) in [5.74, 6) is 1.28.